The van der Waals surface area contributed by atoms with Crippen LogP contribution in [0.4, 0.5) is 17.6 Å². The van der Waals surface area contributed by atoms with E-state index in [-0.39, 0.29) is 5.95 Å². The summed E-state index contributed by atoms with van der Waals surface area (Å²) < 4.78 is 0. The minimum atomic E-state index is 0.256. The topological polar surface area (TPSA) is 88.8 Å². The highest BCUT2D eigenvalue weighted by molar-refractivity contribution is 7.09. The summed E-state index contributed by atoms with van der Waals surface area (Å²) in [5.74, 6) is 2.01. The number of hydrogen-bond donors (Lipinski definition) is 3. The molecule has 0 fully saturated rings. The maximum atomic E-state index is 5.62. The lowest BCUT2D eigenvalue weighted by Gasteiger charge is -2.11. The molecule has 1 unspecified atom stereocenters. The lowest BCUT2D eigenvalue weighted by atomic mass is 10.2. The fraction of sp³-hybridized carbons (Fsp3) is 0.364. The Morgan fingerprint density at radius 2 is 2.17 bits per heavy atom. The molecule has 2 heterocycles. The van der Waals surface area contributed by atoms with E-state index in [9.17, 15) is 0 Å². The molecular formula is C11H16N6S. The summed E-state index contributed by atoms with van der Waals surface area (Å²) in [7, 11) is 1.80. The van der Waals surface area contributed by atoms with Gasteiger partial charge in [-0.05, 0) is 0 Å². The molecule has 0 spiro atoms. The van der Waals surface area contributed by atoms with Crippen molar-refractivity contribution >= 4 is 28.9 Å². The van der Waals surface area contributed by atoms with E-state index >= 15 is 0 Å². The second kappa shape index (κ2) is 5.63. The number of nitrogens with one attached hydrogen (secondary N) is 2. The first-order valence-corrected chi connectivity index (χ1v) is 6.52. The monoisotopic (exact) mass is 264 g/mol. The molecule has 0 amide bonds. The molecule has 6 nitrogen and oxygen atoms in total. The van der Waals surface area contributed by atoms with Gasteiger partial charge in [-0.25, -0.2) is 4.98 Å². The van der Waals surface area contributed by atoms with Crippen LogP contribution in [0.3, 0.4) is 0 Å². The van der Waals surface area contributed by atoms with E-state index in [0.717, 1.165) is 17.4 Å². The first-order chi connectivity index (χ1) is 8.69. The van der Waals surface area contributed by atoms with Crippen molar-refractivity contribution in [2.75, 3.05) is 30.0 Å². The Bertz CT molecular complexity index is 498. The third-order valence-electron chi connectivity index (χ3n) is 2.46. The van der Waals surface area contributed by atoms with Crippen molar-refractivity contribution in [2.45, 2.75) is 12.8 Å². The number of nitrogen functional groups attached to an aromatic ring is 1. The molecule has 2 rings (SSSR count). The molecule has 96 valence electrons. The number of anilines is 3. The summed E-state index contributed by atoms with van der Waals surface area (Å²) in [6.45, 7) is 2.88. The summed E-state index contributed by atoms with van der Waals surface area (Å²) in [4.78, 5) is 12.5. The van der Waals surface area contributed by atoms with Crippen LogP contribution in [0, 0.1) is 0 Å². The molecule has 0 saturated carbocycles. The molecule has 0 aromatic carbocycles. The number of nitrogens with zero attached hydrogens (tertiary/aromatic N) is 3. The molecule has 1 atom stereocenters. The van der Waals surface area contributed by atoms with Crippen LogP contribution >= 0.6 is 11.3 Å². The molecule has 4 N–H and O–H groups in total. The van der Waals surface area contributed by atoms with Gasteiger partial charge in [-0.15, -0.1) is 11.3 Å². The molecule has 2 aromatic heterocycles. The van der Waals surface area contributed by atoms with Crippen LogP contribution in [0.1, 0.15) is 17.8 Å². The second-order valence-corrected chi connectivity index (χ2v) is 4.83. The first kappa shape index (κ1) is 12.6. The maximum Gasteiger partial charge on any atom is 0.223 e. The lowest BCUT2D eigenvalue weighted by Crippen LogP contribution is -2.12. The number of aromatic nitrogens is 3. The van der Waals surface area contributed by atoms with E-state index in [0.29, 0.717) is 11.7 Å². The van der Waals surface area contributed by atoms with Crippen molar-refractivity contribution in [3.05, 3.63) is 22.7 Å². The Balaban J connectivity index is 1.99. The maximum absolute atomic E-state index is 5.62. The second-order valence-electron chi connectivity index (χ2n) is 3.90. The van der Waals surface area contributed by atoms with Crippen molar-refractivity contribution in [2.24, 2.45) is 0 Å². The number of nitrogens with two attached hydrogens (primary N) is 1. The van der Waals surface area contributed by atoms with Crippen molar-refractivity contribution in [3.8, 4) is 0 Å². The molecular weight excluding hydrogens is 248 g/mol. The Morgan fingerprint density at radius 1 is 1.39 bits per heavy atom. The summed E-state index contributed by atoms with van der Waals surface area (Å²) in [6.07, 6.45) is 1.82. The van der Waals surface area contributed by atoms with Gasteiger partial charge in [0.05, 0.1) is 5.01 Å². The van der Waals surface area contributed by atoms with E-state index in [4.69, 9.17) is 5.73 Å². The fourth-order valence-corrected chi connectivity index (χ4v) is 2.21. The Hall–Kier alpha value is -1.89. The summed E-state index contributed by atoms with van der Waals surface area (Å²) >= 11 is 1.66. The quantitative estimate of drug-likeness (QED) is 0.762. The van der Waals surface area contributed by atoms with Crippen LogP contribution in [0.5, 0.6) is 0 Å². The predicted octanol–water partition coefficient (Wildman–Crippen LogP) is 1.77. The van der Waals surface area contributed by atoms with Gasteiger partial charge in [0.1, 0.15) is 11.6 Å². The molecule has 2 aromatic rings. The zero-order valence-electron chi connectivity index (χ0n) is 10.3. The van der Waals surface area contributed by atoms with Crippen molar-refractivity contribution in [1.29, 1.82) is 0 Å². The van der Waals surface area contributed by atoms with Gasteiger partial charge in [-0.1, -0.05) is 6.92 Å². The SMILES string of the molecule is CNc1cc(NCC(C)c2nccs2)nc(N)n1. The zero-order chi connectivity index (χ0) is 13.0. The normalized spacial score (nSPS) is 12.1. The molecule has 0 aliphatic heterocycles. The van der Waals surface area contributed by atoms with Crippen LogP contribution in [0.2, 0.25) is 0 Å². The molecule has 7 heteroatoms. The van der Waals surface area contributed by atoms with Crippen LogP contribution in [0.25, 0.3) is 0 Å². The van der Waals surface area contributed by atoms with Gasteiger partial charge in [0, 0.05) is 37.2 Å². The van der Waals surface area contributed by atoms with Gasteiger partial charge in [0.25, 0.3) is 0 Å². The zero-order valence-corrected chi connectivity index (χ0v) is 11.2. The largest absolute Gasteiger partial charge is 0.373 e. The van der Waals surface area contributed by atoms with Gasteiger partial charge in [-0.3, -0.25) is 0 Å². The predicted molar refractivity (Wildman–Crippen MR) is 75.0 cm³/mol. The van der Waals surface area contributed by atoms with Crippen LogP contribution in [-0.4, -0.2) is 28.5 Å². The van der Waals surface area contributed by atoms with Crippen LogP contribution in [-0.2, 0) is 0 Å². The minimum absolute atomic E-state index is 0.256. The Morgan fingerprint density at radius 3 is 2.83 bits per heavy atom. The highest BCUT2D eigenvalue weighted by Crippen LogP contribution is 2.19. The van der Waals surface area contributed by atoms with Gasteiger partial charge < -0.3 is 16.4 Å². The molecule has 18 heavy (non-hydrogen) atoms. The molecule has 0 radical (unpaired) electrons. The van der Waals surface area contributed by atoms with Gasteiger partial charge in [0.2, 0.25) is 5.95 Å². The van der Waals surface area contributed by atoms with Crippen molar-refractivity contribution in [1.82, 2.24) is 15.0 Å². The van der Waals surface area contributed by atoms with Crippen LogP contribution < -0.4 is 16.4 Å². The van der Waals surface area contributed by atoms with Gasteiger partial charge >= 0.3 is 0 Å². The van der Waals surface area contributed by atoms with Gasteiger partial charge in [0.15, 0.2) is 0 Å². The van der Waals surface area contributed by atoms with E-state index in [1.165, 1.54) is 0 Å². The highest BCUT2D eigenvalue weighted by Gasteiger charge is 2.08. The average molecular weight is 264 g/mol. The first-order valence-electron chi connectivity index (χ1n) is 5.64. The molecule has 0 aliphatic rings. The molecule has 0 saturated heterocycles. The minimum Gasteiger partial charge on any atom is -0.373 e. The van der Waals surface area contributed by atoms with Crippen molar-refractivity contribution in [3.63, 3.8) is 0 Å². The van der Waals surface area contributed by atoms with Gasteiger partial charge in [-0.2, -0.15) is 9.97 Å². The highest BCUT2D eigenvalue weighted by atomic mass is 32.1. The Kier molecular flexibility index (Phi) is 3.93. The average Bonchev–Trinajstić information content (AvgIpc) is 2.89. The summed E-state index contributed by atoms with van der Waals surface area (Å²) in [6, 6.07) is 1.82. The number of rotatable bonds is 5. The van der Waals surface area contributed by atoms with E-state index in [1.54, 1.807) is 18.4 Å². The third-order valence-corrected chi connectivity index (χ3v) is 3.47. The van der Waals surface area contributed by atoms with E-state index in [1.807, 2.05) is 17.6 Å². The summed E-state index contributed by atoms with van der Waals surface area (Å²) in [5.41, 5.74) is 5.62. The van der Waals surface area contributed by atoms with Crippen molar-refractivity contribution < 1.29 is 0 Å². The summed E-state index contributed by atoms with van der Waals surface area (Å²) in [5, 5.41) is 9.28. The fourth-order valence-electron chi connectivity index (χ4n) is 1.51. The van der Waals surface area contributed by atoms with Crippen LogP contribution in [0.15, 0.2) is 17.6 Å². The van der Waals surface area contributed by atoms with E-state index in [2.05, 4.69) is 32.5 Å². The molecule has 0 aliphatic carbocycles. The standard InChI is InChI=1S/C11H16N6S/c1-7(10-14-3-4-18-10)6-15-9-5-8(13-2)16-11(12)17-9/h3-5,7H,6H2,1-2H3,(H4,12,13,15,16,17). The molecule has 0 bridgehead atoms. The number of thiazole rings is 1. The smallest absolute Gasteiger partial charge is 0.223 e. The third kappa shape index (κ3) is 3.07. The lowest BCUT2D eigenvalue weighted by molar-refractivity contribution is 0.791. The Labute approximate surface area is 110 Å². The van der Waals surface area contributed by atoms with E-state index < -0.39 is 0 Å². The number of hydrogen-bond acceptors (Lipinski definition) is 7.